The average molecular weight is 325 g/mol. The van der Waals surface area contributed by atoms with Gasteiger partial charge in [0.1, 0.15) is 10.7 Å². The molecule has 0 spiro atoms. The molecule has 1 aliphatic heterocycles. The summed E-state index contributed by atoms with van der Waals surface area (Å²) in [6.07, 6.45) is 1.06. The van der Waals surface area contributed by atoms with Gasteiger partial charge in [0.05, 0.1) is 6.61 Å². The van der Waals surface area contributed by atoms with E-state index >= 15 is 0 Å². The van der Waals surface area contributed by atoms with E-state index < -0.39 is 0 Å². The van der Waals surface area contributed by atoms with Crippen molar-refractivity contribution in [3.8, 4) is 5.75 Å². The molecule has 2 atom stereocenters. The molecule has 0 amide bonds. The van der Waals surface area contributed by atoms with Gasteiger partial charge in [-0.2, -0.15) is 11.8 Å². The normalized spacial score (nSPS) is 23.0. The minimum absolute atomic E-state index is 0.424. The summed E-state index contributed by atoms with van der Waals surface area (Å²) in [7, 11) is 0. The van der Waals surface area contributed by atoms with E-state index in [0.29, 0.717) is 4.99 Å². The van der Waals surface area contributed by atoms with Crippen molar-refractivity contribution < 1.29 is 4.74 Å². The van der Waals surface area contributed by atoms with Crippen molar-refractivity contribution in [3.05, 3.63) is 29.8 Å². The lowest BCUT2D eigenvalue weighted by Crippen LogP contribution is -2.41. The molecule has 1 aromatic rings. The molecule has 2 unspecified atom stereocenters. The number of nitrogens with two attached hydrogens (primary N) is 1. The van der Waals surface area contributed by atoms with Gasteiger partial charge in [0.15, 0.2) is 0 Å². The van der Waals surface area contributed by atoms with Crippen molar-refractivity contribution in [1.82, 2.24) is 4.90 Å². The number of thioether (sulfide) groups is 1. The standard InChI is InChI=1S/C16H24N2OS2/c1-12-10-18(11-13(2)21-12)8-3-9-19-15-6-4-14(5-7-15)16(17)20/h4-7,12-13H,3,8-11H2,1-2H3,(H2,17,20). The van der Waals surface area contributed by atoms with Gasteiger partial charge in [-0.05, 0) is 30.7 Å². The van der Waals surface area contributed by atoms with Crippen LogP contribution in [0.15, 0.2) is 24.3 Å². The van der Waals surface area contributed by atoms with Crippen molar-refractivity contribution in [3.63, 3.8) is 0 Å². The lowest BCUT2D eigenvalue weighted by Gasteiger charge is -2.34. The SMILES string of the molecule is CC1CN(CCCOc2ccc(C(N)=S)cc2)CC(C)S1. The van der Waals surface area contributed by atoms with Crippen LogP contribution in [-0.4, -0.2) is 46.6 Å². The molecule has 0 bridgehead atoms. The van der Waals surface area contributed by atoms with Gasteiger partial charge in [-0.15, -0.1) is 0 Å². The van der Waals surface area contributed by atoms with Gasteiger partial charge < -0.3 is 15.4 Å². The van der Waals surface area contributed by atoms with Crippen molar-refractivity contribution in [1.29, 1.82) is 0 Å². The summed E-state index contributed by atoms with van der Waals surface area (Å²) in [4.78, 5) is 2.97. The molecule has 1 aliphatic rings. The van der Waals surface area contributed by atoms with Crippen LogP contribution in [0.1, 0.15) is 25.8 Å². The first-order valence-corrected chi connectivity index (χ1v) is 8.80. The first-order chi connectivity index (χ1) is 10.0. The molecule has 1 aromatic carbocycles. The Kier molecular flexibility index (Phi) is 6.33. The van der Waals surface area contributed by atoms with Crippen molar-refractivity contribution in [2.45, 2.75) is 30.8 Å². The maximum absolute atomic E-state index is 5.77. The van der Waals surface area contributed by atoms with Crippen LogP contribution >= 0.6 is 24.0 Å². The fraction of sp³-hybridized carbons (Fsp3) is 0.562. The van der Waals surface area contributed by atoms with E-state index in [-0.39, 0.29) is 0 Å². The first kappa shape index (κ1) is 16.6. The largest absolute Gasteiger partial charge is 0.494 e. The molecule has 0 saturated carbocycles. The molecule has 2 N–H and O–H groups in total. The smallest absolute Gasteiger partial charge is 0.119 e. The van der Waals surface area contributed by atoms with E-state index in [1.54, 1.807) is 0 Å². The Hall–Kier alpha value is -0.780. The van der Waals surface area contributed by atoms with E-state index in [1.807, 2.05) is 24.3 Å². The van der Waals surface area contributed by atoms with Crippen LogP contribution in [0.5, 0.6) is 5.75 Å². The highest BCUT2D eigenvalue weighted by molar-refractivity contribution is 8.00. The van der Waals surface area contributed by atoms with Crippen LogP contribution in [-0.2, 0) is 0 Å². The second-order valence-corrected chi connectivity index (χ2v) is 7.93. The molecule has 2 rings (SSSR count). The van der Waals surface area contributed by atoms with Crippen LogP contribution < -0.4 is 10.5 Å². The molecule has 1 fully saturated rings. The van der Waals surface area contributed by atoms with Crippen LogP contribution in [0.3, 0.4) is 0 Å². The lowest BCUT2D eigenvalue weighted by atomic mass is 10.2. The van der Waals surface area contributed by atoms with Crippen LogP contribution in [0.25, 0.3) is 0 Å². The van der Waals surface area contributed by atoms with Crippen molar-refractivity contribution in [2.75, 3.05) is 26.2 Å². The Morgan fingerprint density at radius 2 is 1.90 bits per heavy atom. The Bertz CT molecular complexity index is 454. The highest BCUT2D eigenvalue weighted by Crippen LogP contribution is 2.24. The Labute approximate surface area is 137 Å². The molecule has 1 heterocycles. The second-order valence-electron chi connectivity index (χ2n) is 5.61. The fourth-order valence-corrected chi connectivity index (χ4v) is 4.18. The summed E-state index contributed by atoms with van der Waals surface area (Å²) in [5.74, 6) is 0.880. The Morgan fingerprint density at radius 3 is 2.48 bits per heavy atom. The van der Waals surface area contributed by atoms with Crippen LogP contribution in [0, 0.1) is 0 Å². The maximum atomic E-state index is 5.77. The quantitative estimate of drug-likeness (QED) is 0.643. The Morgan fingerprint density at radius 1 is 1.29 bits per heavy atom. The summed E-state index contributed by atoms with van der Waals surface area (Å²) in [5.41, 5.74) is 6.45. The molecular formula is C16H24N2OS2. The third kappa shape index (κ3) is 5.49. The zero-order valence-corrected chi connectivity index (χ0v) is 14.4. The zero-order chi connectivity index (χ0) is 15.2. The van der Waals surface area contributed by atoms with Crippen molar-refractivity contribution in [2.24, 2.45) is 5.73 Å². The number of nitrogens with zero attached hydrogens (tertiary/aromatic N) is 1. The van der Waals surface area contributed by atoms with E-state index in [2.05, 4.69) is 30.5 Å². The van der Waals surface area contributed by atoms with Gasteiger partial charge in [-0.1, -0.05) is 26.1 Å². The van der Waals surface area contributed by atoms with E-state index in [4.69, 9.17) is 22.7 Å². The molecule has 0 aliphatic carbocycles. The number of hydrogen-bond acceptors (Lipinski definition) is 4. The molecule has 5 heteroatoms. The molecule has 3 nitrogen and oxygen atoms in total. The third-order valence-corrected chi connectivity index (χ3v) is 4.98. The highest BCUT2D eigenvalue weighted by atomic mass is 32.2. The van der Waals surface area contributed by atoms with Gasteiger partial charge in [-0.3, -0.25) is 0 Å². The van der Waals surface area contributed by atoms with Crippen LogP contribution in [0.2, 0.25) is 0 Å². The van der Waals surface area contributed by atoms with Gasteiger partial charge in [-0.25, -0.2) is 0 Å². The van der Waals surface area contributed by atoms with Gasteiger partial charge in [0, 0.05) is 35.7 Å². The summed E-state index contributed by atoms with van der Waals surface area (Å²) in [6, 6.07) is 7.66. The summed E-state index contributed by atoms with van der Waals surface area (Å²) < 4.78 is 5.77. The topological polar surface area (TPSA) is 38.5 Å². The highest BCUT2D eigenvalue weighted by Gasteiger charge is 2.21. The number of rotatable bonds is 6. The van der Waals surface area contributed by atoms with E-state index in [9.17, 15) is 0 Å². The minimum Gasteiger partial charge on any atom is -0.494 e. The lowest BCUT2D eigenvalue weighted by molar-refractivity contribution is 0.232. The minimum atomic E-state index is 0.424. The number of ether oxygens (including phenoxy) is 1. The molecule has 1 saturated heterocycles. The molecule has 0 radical (unpaired) electrons. The predicted molar refractivity (Wildman–Crippen MR) is 95.4 cm³/mol. The molecular weight excluding hydrogens is 300 g/mol. The average Bonchev–Trinajstić information content (AvgIpc) is 2.43. The van der Waals surface area contributed by atoms with E-state index in [0.717, 1.165) is 41.4 Å². The summed E-state index contributed by atoms with van der Waals surface area (Å²) in [5, 5.41) is 1.48. The molecule has 116 valence electrons. The fourth-order valence-electron chi connectivity index (χ4n) is 2.66. The van der Waals surface area contributed by atoms with Gasteiger partial charge >= 0.3 is 0 Å². The monoisotopic (exact) mass is 324 g/mol. The summed E-state index contributed by atoms with van der Waals surface area (Å²) >= 11 is 7.02. The molecule has 21 heavy (non-hydrogen) atoms. The maximum Gasteiger partial charge on any atom is 0.119 e. The third-order valence-electron chi connectivity index (χ3n) is 3.52. The number of benzene rings is 1. The van der Waals surface area contributed by atoms with E-state index in [1.165, 1.54) is 13.1 Å². The van der Waals surface area contributed by atoms with Crippen molar-refractivity contribution >= 4 is 29.0 Å². The Balaban J connectivity index is 1.68. The predicted octanol–water partition coefficient (Wildman–Crippen LogP) is 2.92. The van der Waals surface area contributed by atoms with Gasteiger partial charge in [0.25, 0.3) is 0 Å². The summed E-state index contributed by atoms with van der Waals surface area (Å²) in [6.45, 7) is 8.87. The van der Waals surface area contributed by atoms with Gasteiger partial charge in [0.2, 0.25) is 0 Å². The zero-order valence-electron chi connectivity index (χ0n) is 12.7. The number of thiocarbonyl (C=S) groups is 1. The number of hydrogen-bond donors (Lipinski definition) is 1. The first-order valence-electron chi connectivity index (χ1n) is 7.45. The van der Waals surface area contributed by atoms with Crippen LogP contribution in [0.4, 0.5) is 0 Å². The molecule has 0 aromatic heterocycles. The second kappa shape index (κ2) is 8.01.